The fourth-order valence-corrected chi connectivity index (χ4v) is 1.60. The number of para-hydroxylation sites is 1. The predicted octanol–water partition coefficient (Wildman–Crippen LogP) is 2.60. The van der Waals surface area contributed by atoms with Crippen LogP contribution in [0.4, 0.5) is 0 Å². The van der Waals surface area contributed by atoms with Gasteiger partial charge in [-0.1, -0.05) is 24.3 Å². The Bertz CT molecular complexity index is 509. The number of rotatable bonds is 3. The van der Waals surface area contributed by atoms with E-state index in [1.807, 2.05) is 36.4 Å². The van der Waals surface area contributed by atoms with Crippen LogP contribution in [0.15, 0.2) is 48.7 Å². The third-order valence-corrected chi connectivity index (χ3v) is 2.32. The molecule has 0 saturated heterocycles. The van der Waals surface area contributed by atoms with Crippen molar-refractivity contribution >= 4 is 5.97 Å². The summed E-state index contributed by atoms with van der Waals surface area (Å²) in [6.07, 6.45) is 2.41. The van der Waals surface area contributed by atoms with E-state index in [1.165, 1.54) is 6.92 Å². The van der Waals surface area contributed by atoms with Crippen molar-refractivity contribution in [3.8, 4) is 5.75 Å². The van der Waals surface area contributed by atoms with Crippen LogP contribution in [0.3, 0.4) is 0 Å². The summed E-state index contributed by atoms with van der Waals surface area (Å²) in [6, 6.07) is 13.3. The van der Waals surface area contributed by atoms with Gasteiger partial charge in [0.2, 0.25) is 0 Å². The van der Waals surface area contributed by atoms with E-state index in [9.17, 15) is 4.79 Å². The molecule has 0 N–H and O–H groups in total. The molecule has 1 aromatic carbocycles. The lowest BCUT2D eigenvalue weighted by Gasteiger charge is -2.08. The molecule has 0 aliphatic rings. The molecule has 0 aliphatic carbocycles. The van der Waals surface area contributed by atoms with Crippen LogP contribution in [0.1, 0.15) is 18.2 Å². The van der Waals surface area contributed by atoms with E-state index in [-0.39, 0.29) is 5.97 Å². The van der Waals surface area contributed by atoms with Gasteiger partial charge in [-0.3, -0.25) is 9.78 Å². The molecular formula is C14H13NO2. The van der Waals surface area contributed by atoms with Crippen molar-refractivity contribution < 1.29 is 9.53 Å². The summed E-state index contributed by atoms with van der Waals surface area (Å²) in [5, 5.41) is 0. The smallest absolute Gasteiger partial charge is 0.308 e. The molecule has 1 heterocycles. The van der Waals surface area contributed by atoms with Gasteiger partial charge in [0.1, 0.15) is 5.75 Å². The molecule has 2 aromatic rings. The Balaban J connectivity index is 2.23. The van der Waals surface area contributed by atoms with Gasteiger partial charge in [0.05, 0.1) is 0 Å². The summed E-state index contributed by atoms with van der Waals surface area (Å²) in [5.41, 5.74) is 1.91. The Morgan fingerprint density at radius 2 is 1.94 bits per heavy atom. The Morgan fingerprint density at radius 1 is 1.18 bits per heavy atom. The van der Waals surface area contributed by atoms with Crippen LogP contribution in [0.5, 0.6) is 5.75 Å². The molecule has 0 aliphatic heterocycles. The van der Waals surface area contributed by atoms with E-state index in [2.05, 4.69) is 4.98 Å². The first kappa shape index (κ1) is 11.3. The van der Waals surface area contributed by atoms with Crippen LogP contribution in [0.2, 0.25) is 0 Å². The van der Waals surface area contributed by atoms with Gasteiger partial charge in [-0.2, -0.15) is 0 Å². The van der Waals surface area contributed by atoms with Crippen LogP contribution in [-0.4, -0.2) is 11.0 Å². The van der Waals surface area contributed by atoms with Gasteiger partial charge >= 0.3 is 5.97 Å². The average molecular weight is 227 g/mol. The SMILES string of the molecule is CC(=O)Oc1ccccc1Cc1ccccn1. The largest absolute Gasteiger partial charge is 0.426 e. The molecule has 3 nitrogen and oxygen atoms in total. The van der Waals surface area contributed by atoms with Crippen LogP contribution >= 0.6 is 0 Å². The Labute approximate surface area is 100 Å². The van der Waals surface area contributed by atoms with Gasteiger partial charge in [-0.15, -0.1) is 0 Å². The number of hydrogen-bond acceptors (Lipinski definition) is 3. The number of esters is 1. The van der Waals surface area contributed by atoms with E-state index in [0.29, 0.717) is 12.2 Å². The molecule has 86 valence electrons. The second-order valence-corrected chi connectivity index (χ2v) is 3.70. The summed E-state index contributed by atoms with van der Waals surface area (Å²) in [4.78, 5) is 15.2. The Hall–Kier alpha value is -2.16. The normalized spacial score (nSPS) is 9.94. The van der Waals surface area contributed by atoms with Crippen molar-refractivity contribution in [3.05, 3.63) is 59.9 Å². The quantitative estimate of drug-likeness (QED) is 0.597. The number of carbonyl (C=O) groups is 1. The molecule has 3 heteroatoms. The zero-order chi connectivity index (χ0) is 12.1. The first-order chi connectivity index (χ1) is 8.25. The number of ether oxygens (including phenoxy) is 1. The highest BCUT2D eigenvalue weighted by atomic mass is 16.5. The lowest BCUT2D eigenvalue weighted by atomic mass is 10.1. The first-order valence-electron chi connectivity index (χ1n) is 5.42. The molecular weight excluding hydrogens is 214 g/mol. The minimum Gasteiger partial charge on any atom is -0.426 e. The van der Waals surface area contributed by atoms with E-state index < -0.39 is 0 Å². The monoisotopic (exact) mass is 227 g/mol. The molecule has 17 heavy (non-hydrogen) atoms. The zero-order valence-electron chi connectivity index (χ0n) is 9.59. The van der Waals surface area contributed by atoms with Crippen molar-refractivity contribution in [2.45, 2.75) is 13.3 Å². The number of pyridine rings is 1. The van der Waals surface area contributed by atoms with Crippen LogP contribution < -0.4 is 4.74 Å². The minimum atomic E-state index is -0.307. The summed E-state index contributed by atoms with van der Waals surface area (Å²) >= 11 is 0. The molecule has 1 aromatic heterocycles. The molecule has 0 unspecified atom stereocenters. The summed E-state index contributed by atoms with van der Waals surface area (Å²) in [7, 11) is 0. The van der Waals surface area contributed by atoms with Crippen LogP contribution in [0, 0.1) is 0 Å². The molecule has 0 spiro atoms. The third-order valence-electron chi connectivity index (χ3n) is 2.32. The second-order valence-electron chi connectivity index (χ2n) is 3.70. The van der Waals surface area contributed by atoms with Gasteiger partial charge in [0.25, 0.3) is 0 Å². The van der Waals surface area contributed by atoms with Gasteiger partial charge in [-0.25, -0.2) is 0 Å². The number of aromatic nitrogens is 1. The number of benzene rings is 1. The molecule has 0 saturated carbocycles. The zero-order valence-corrected chi connectivity index (χ0v) is 9.59. The molecule has 0 fully saturated rings. The molecule has 2 rings (SSSR count). The molecule has 0 amide bonds. The van der Waals surface area contributed by atoms with Crippen molar-refractivity contribution in [2.75, 3.05) is 0 Å². The van der Waals surface area contributed by atoms with Crippen LogP contribution in [0.25, 0.3) is 0 Å². The average Bonchev–Trinajstić information content (AvgIpc) is 2.32. The summed E-state index contributed by atoms with van der Waals surface area (Å²) in [5.74, 6) is 0.295. The number of hydrogen-bond donors (Lipinski definition) is 0. The highest BCUT2D eigenvalue weighted by Gasteiger charge is 2.06. The highest BCUT2D eigenvalue weighted by molar-refractivity contribution is 5.69. The molecule has 0 bridgehead atoms. The Kier molecular flexibility index (Phi) is 3.50. The topological polar surface area (TPSA) is 39.2 Å². The fraction of sp³-hybridized carbons (Fsp3) is 0.143. The van der Waals surface area contributed by atoms with E-state index >= 15 is 0 Å². The maximum Gasteiger partial charge on any atom is 0.308 e. The standard InChI is InChI=1S/C14H13NO2/c1-11(16)17-14-8-3-2-6-12(14)10-13-7-4-5-9-15-13/h2-9H,10H2,1H3. The van der Waals surface area contributed by atoms with Crippen molar-refractivity contribution in [1.82, 2.24) is 4.98 Å². The Morgan fingerprint density at radius 3 is 2.65 bits per heavy atom. The van der Waals surface area contributed by atoms with Gasteiger partial charge in [0, 0.05) is 30.8 Å². The van der Waals surface area contributed by atoms with Gasteiger partial charge < -0.3 is 4.74 Å². The fourth-order valence-electron chi connectivity index (χ4n) is 1.60. The summed E-state index contributed by atoms with van der Waals surface area (Å²) < 4.78 is 5.15. The van der Waals surface area contributed by atoms with Crippen molar-refractivity contribution in [3.63, 3.8) is 0 Å². The first-order valence-corrected chi connectivity index (χ1v) is 5.42. The third kappa shape index (κ3) is 3.14. The van der Waals surface area contributed by atoms with E-state index in [4.69, 9.17) is 4.74 Å². The number of nitrogens with zero attached hydrogens (tertiary/aromatic N) is 1. The van der Waals surface area contributed by atoms with Crippen molar-refractivity contribution in [1.29, 1.82) is 0 Å². The maximum atomic E-state index is 11.0. The lowest BCUT2D eigenvalue weighted by Crippen LogP contribution is -2.04. The second kappa shape index (κ2) is 5.25. The maximum absolute atomic E-state index is 11.0. The number of carbonyl (C=O) groups excluding carboxylic acids is 1. The molecule has 0 atom stereocenters. The summed E-state index contributed by atoms with van der Waals surface area (Å²) in [6.45, 7) is 1.40. The molecule has 0 radical (unpaired) electrons. The lowest BCUT2D eigenvalue weighted by molar-refractivity contribution is -0.131. The highest BCUT2D eigenvalue weighted by Crippen LogP contribution is 2.20. The minimum absolute atomic E-state index is 0.307. The van der Waals surface area contributed by atoms with Gasteiger partial charge in [-0.05, 0) is 18.2 Å². The predicted molar refractivity (Wildman–Crippen MR) is 64.8 cm³/mol. The van der Waals surface area contributed by atoms with E-state index in [1.54, 1.807) is 12.3 Å². The van der Waals surface area contributed by atoms with Crippen molar-refractivity contribution in [2.24, 2.45) is 0 Å². The van der Waals surface area contributed by atoms with Gasteiger partial charge in [0.15, 0.2) is 0 Å². The van der Waals surface area contributed by atoms with E-state index in [0.717, 1.165) is 11.3 Å². The van der Waals surface area contributed by atoms with Crippen LogP contribution in [-0.2, 0) is 11.2 Å².